The van der Waals surface area contributed by atoms with Crippen LogP contribution in [0.25, 0.3) is 0 Å². The van der Waals surface area contributed by atoms with Crippen LogP contribution in [0.4, 0.5) is 4.39 Å². The molecule has 0 unspecified atom stereocenters. The van der Waals surface area contributed by atoms with Gasteiger partial charge in [-0.15, -0.1) is 11.3 Å². The van der Waals surface area contributed by atoms with Crippen molar-refractivity contribution < 1.29 is 4.39 Å². The smallest absolute Gasteiger partial charge is 0.152 e. The number of aliphatic imine (C=N–C) groups is 1. The van der Waals surface area contributed by atoms with E-state index in [9.17, 15) is 4.39 Å². The molecule has 0 atom stereocenters. The molecule has 1 aromatic rings. The minimum Gasteiger partial charge on any atom is -0.295 e. The summed E-state index contributed by atoms with van der Waals surface area (Å²) in [7, 11) is 0. The number of hydrogen-bond acceptors (Lipinski definition) is 3. The Balaban J connectivity index is 2.97. The van der Waals surface area contributed by atoms with Crippen molar-refractivity contribution in [2.45, 2.75) is 6.54 Å². The van der Waals surface area contributed by atoms with Gasteiger partial charge in [0.05, 0.1) is 6.54 Å². The topological polar surface area (TPSA) is 36.1 Å². The van der Waals surface area contributed by atoms with Gasteiger partial charge in [-0.25, -0.2) is 4.39 Å². The lowest BCUT2D eigenvalue weighted by Crippen LogP contribution is -1.70. The first-order valence-corrected chi connectivity index (χ1v) is 3.70. The van der Waals surface area contributed by atoms with Gasteiger partial charge in [-0.05, 0) is 12.8 Å². The van der Waals surface area contributed by atoms with Crippen molar-refractivity contribution in [1.82, 2.24) is 0 Å². The monoisotopic (exact) mass is 168 g/mol. The van der Waals surface area contributed by atoms with E-state index in [-0.39, 0.29) is 4.88 Å². The largest absolute Gasteiger partial charge is 0.295 e. The molecule has 1 heterocycles. The first-order valence-electron chi connectivity index (χ1n) is 2.88. The van der Waals surface area contributed by atoms with Crippen LogP contribution in [-0.4, -0.2) is 6.72 Å². The second-order valence-corrected chi connectivity index (χ2v) is 3.02. The molecule has 0 saturated heterocycles. The molecule has 4 heteroatoms. The predicted molar refractivity (Wildman–Crippen MR) is 42.2 cm³/mol. The lowest BCUT2D eigenvalue weighted by atomic mass is 10.4. The maximum absolute atomic E-state index is 12.7. The Morgan fingerprint density at radius 2 is 2.55 bits per heavy atom. The molecule has 0 saturated carbocycles. The van der Waals surface area contributed by atoms with Gasteiger partial charge in [0.1, 0.15) is 10.9 Å². The molecule has 0 aliphatic carbocycles. The fourth-order valence-corrected chi connectivity index (χ4v) is 1.46. The molecule has 1 rings (SSSR count). The quantitative estimate of drug-likeness (QED) is 0.622. The molecule has 0 bridgehead atoms. The van der Waals surface area contributed by atoms with Gasteiger partial charge in [-0.2, -0.15) is 5.26 Å². The van der Waals surface area contributed by atoms with E-state index >= 15 is 0 Å². The van der Waals surface area contributed by atoms with Gasteiger partial charge in [-0.3, -0.25) is 4.99 Å². The van der Waals surface area contributed by atoms with Gasteiger partial charge in [0.15, 0.2) is 5.82 Å². The van der Waals surface area contributed by atoms with Crippen molar-refractivity contribution in [1.29, 1.82) is 5.26 Å². The maximum atomic E-state index is 12.7. The Hall–Kier alpha value is -1.21. The normalized spacial score (nSPS) is 9.09. The van der Waals surface area contributed by atoms with Crippen LogP contribution in [0.5, 0.6) is 0 Å². The molecule has 11 heavy (non-hydrogen) atoms. The lowest BCUT2D eigenvalue weighted by molar-refractivity contribution is 0.629. The minimum absolute atomic E-state index is 0.114. The van der Waals surface area contributed by atoms with Crippen molar-refractivity contribution in [3.05, 3.63) is 21.6 Å². The second-order valence-electron chi connectivity index (χ2n) is 1.88. The molecule has 0 fully saturated rings. The number of halogens is 1. The minimum atomic E-state index is -0.462. The number of rotatable bonds is 2. The first kappa shape index (κ1) is 7.89. The summed E-state index contributed by atoms with van der Waals surface area (Å²) in [6, 6.07) is 3.07. The van der Waals surface area contributed by atoms with Crippen LogP contribution in [0, 0.1) is 17.1 Å². The molecular formula is C7H5FN2S. The standard InChI is InChI=1S/C7H5FN2S/c1-10-4-5-2-6(8)7(3-9)11-5/h2H,1,4H2. The molecule has 56 valence electrons. The van der Waals surface area contributed by atoms with Gasteiger partial charge >= 0.3 is 0 Å². The predicted octanol–water partition coefficient (Wildman–Crippen LogP) is 1.96. The molecule has 0 amide bonds. The number of nitrogens with zero attached hydrogens (tertiary/aromatic N) is 2. The zero-order valence-electron chi connectivity index (χ0n) is 5.67. The SMILES string of the molecule is C=NCc1cc(F)c(C#N)s1. The summed E-state index contributed by atoms with van der Waals surface area (Å²) in [6.07, 6.45) is 0. The average Bonchev–Trinajstić information content (AvgIpc) is 2.32. The lowest BCUT2D eigenvalue weighted by Gasteiger charge is -1.82. The van der Waals surface area contributed by atoms with Crippen molar-refractivity contribution >= 4 is 18.1 Å². The van der Waals surface area contributed by atoms with E-state index in [1.807, 2.05) is 0 Å². The van der Waals surface area contributed by atoms with Gasteiger partial charge in [0.25, 0.3) is 0 Å². The second kappa shape index (κ2) is 3.26. The van der Waals surface area contributed by atoms with E-state index in [0.29, 0.717) is 6.54 Å². The molecule has 0 aliphatic rings. The van der Waals surface area contributed by atoms with Crippen LogP contribution in [-0.2, 0) is 6.54 Å². The number of nitriles is 1. The summed E-state index contributed by atoms with van der Waals surface area (Å²) in [5, 5.41) is 8.37. The van der Waals surface area contributed by atoms with Crippen LogP contribution < -0.4 is 0 Å². The van der Waals surface area contributed by atoms with Gasteiger partial charge < -0.3 is 0 Å². The van der Waals surface area contributed by atoms with Crippen molar-refractivity contribution in [2.75, 3.05) is 0 Å². The summed E-state index contributed by atoms with van der Waals surface area (Å²) in [5.41, 5.74) is 0. The van der Waals surface area contributed by atoms with Gasteiger partial charge in [0.2, 0.25) is 0 Å². The van der Waals surface area contributed by atoms with Crippen LogP contribution in [0.15, 0.2) is 11.1 Å². The van der Waals surface area contributed by atoms with Crippen LogP contribution in [0.2, 0.25) is 0 Å². The van der Waals surface area contributed by atoms with E-state index in [4.69, 9.17) is 5.26 Å². The van der Waals surface area contributed by atoms with Crippen LogP contribution >= 0.6 is 11.3 Å². The zero-order chi connectivity index (χ0) is 8.27. The Morgan fingerprint density at radius 1 is 1.82 bits per heavy atom. The highest BCUT2D eigenvalue weighted by Crippen LogP contribution is 2.20. The summed E-state index contributed by atoms with van der Waals surface area (Å²) in [5.74, 6) is -0.462. The number of thiophene rings is 1. The molecular weight excluding hydrogens is 163 g/mol. The van der Waals surface area contributed by atoms with Crippen molar-refractivity contribution in [3.8, 4) is 6.07 Å². The third-order valence-electron chi connectivity index (χ3n) is 1.11. The van der Waals surface area contributed by atoms with E-state index in [2.05, 4.69) is 11.7 Å². The fraction of sp³-hybridized carbons (Fsp3) is 0.143. The van der Waals surface area contributed by atoms with Crippen LogP contribution in [0.3, 0.4) is 0 Å². The van der Waals surface area contributed by atoms with E-state index < -0.39 is 5.82 Å². The van der Waals surface area contributed by atoms with Crippen molar-refractivity contribution in [3.63, 3.8) is 0 Å². The van der Waals surface area contributed by atoms with Gasteiger partial charge in [0, 0.05) is 4.88 Å². The third kappa shape index (κ3) is 1.63. The third-order valence-corrected chi connectivity index (χ3v) is 2.11. The fourth-order valence-electron chi connectivity index (χ4n) is 0.681. The summed E-state index contributed by atoms with van der Waals surface area (Å²) < 4.78 is 12.7. The first-order chi connectivity index (χ1) is 5.27. The Labute approximate surface area is 67.6 Å². The molecule has 0 radical (unpaired) electrons. The van der Waals surface area contributed by atoms with Crippen LogP contribution in [0.1, 0.15) is 9.75 Å². The average molecular weight is 168 g/mol. The number of hydrogen-bond donors (Lipinski definition) is 0. The summed E-state index contributed by atoms with van der Waals surface area (Å²) >= 11 is 1.11. The Morgan fingerprint density at radius 3 is 3.00 bits per heavy atom. The highest BCUT2D eigenvalue weighted by atomic mass is 32.1. The zero-order valence-corrected chi connectivity index (χ0v) is 6.49. The molecule has 0 aliphatic heterocycles. The molecule has 0 spiro atoms. The molecule has 0 aromatic carbocycles. The summed E-state index contributed by atoms with van der Waals surface area (Å²) in [6.45, 7) is 3.65. The molecule has 1 aromatic heterocycles. The van der Waals surface area contributed by atoms with E-state index in [0.717, 1.165) is 16.2 Å². The summed E-state index contributed by atoms with van der Waals surface area (Å²) in [4.78, 5) is 4.42. The van der Waals surface area contributed by atoms with E-state index in [1.54, 1.807) is 6.07 Å². The highest BCUT2D eigenvalue weighted by molar-refractivity contribution is 7.12. The van der Waals surface area contributed by atoms with E-state index in [1.165, 1.54) is 6.07 Å². The Bertz CT molecular complexity index is 311. The van der Waals surface area contributed by atoms with Gasteiger partial charge in [-0.1, -0.05) is 0 Å². The maximum Gasteiger partial charge on any atom is 0.152 e. The van der Waals surface area contributed by atoms with Crippen molar-refractivity contribution in [2.24, 2.45) is 4.99 Å². The molecule has 0 N–H and O–H groups in total. The molecule has 2 nitrogen and oxygen atoms in total. The highest BCUT2D eigenvalue weighted by Gasteiger charge is 2.06. The Kier molecular flexibility index (Phi) is 2.34.